The zero-order valence-electron chi connectivity index (χ0n) is 10.9. The number of hydrogen-bond donors (Lipinski definition) is 2. The van der Waals surface area contributed by atoms with Crippen molar-refractivity contribution >= 4 is 29.0 Å². The van der Waals surface area contributed by atoms with E-state index in [-0.39, 0.29) is 16.2 Å². The molecule has 4 nitrogen and oxygen atoms in total. The summed E-state index contributed by atoms with van der Waals surface area (Å²) in [5, 5.41) is 12.2. The predicted octanol–water partition coefficient (Wildman–Crippen LogP) is 3.60. The minimum atomic E-state index is -1.32. The lowest BCUT2D eigenvalue weighted by Gasteiger charge is -2.06. The summed E-state index contributed by atoms with van der Waals surface area (Å²) in [5.74, 6) is -1.96. The van der Waals surface area contributed by atoms with Crippen LogP contribution in [0, 0.1) is 0 Å². The van der Waals surface area contributed by atoms with Crippen molar-refractivity contribution in [2.45, 2.75) is 0 Å². The second kappa shape index (κ2) is 6.72. The molecule has 0 spiro atoms. The third kappa shape index (κ3) is 3.70. The van der Waals surface area contributed by atoms with Gasteiger partial charge in [-0.15, -0.1) is 0 Å². The Morgan fingerprint density at radius 2 is 1.62 bits per heavy atom. The lowest BCUT2D eigenvalue weighted by molar-refractivity contribution is -0.132. The molecule has 0 aliphatic carbocycles. The first kappa shape index (κ1) is 14.8. The number of carbonyl (C=O) groups is 2. The minimum absolute atomic E-state index is 0.155. The Labute approximate surface area is 126 Å². The van der Waals surface area contributed by atoms with Crippen LogP contribution in [0.4, 0.5) is 5.69 Å². The fraction of sp³-hybridized carbons (Fsp3) is 0. The molecule has 106 valence electrons. The Balaban J connectivity index is 2.29. The van der Waals surface area contributed by atoms with Gasteiger partial charge in [-0.1, -0.05) is 41.9 Å². The van der Waals surface area contributed by atoms with Gasteiger partial charge in [0.1, 0.15) is 5.57 Å². The number of carbonyl (C=O) groups excluding carboxylic acids is 1. The number of halogens is 1. The molecule has 0 fully saturated rings. The fourth-order valence-corrected chi connectivity index (χ4v) is 1.93. The van der Waals surface area contributed by atoms with Crippen LogP contribution >= 0.6 is 11.6 Å². The average molecular weight is 302 g/mol. The van der Waals surface area contributed by atoms with E-state index in [4.69, 9.17) is 11.6 Å². The van der Waals surface area contributed by atoms with E-state index in [1.54, 1.807) is 42.5 Å². The minimum Gasteiger partial charge on any atom is -0.477 e. The molecule has 2 aromatic carbocycles. The number of hydrogen-bond acceptors (Lipinski definition) is 3. The second-order valence-corrected chi connectivity index (χ2v) is 4.59. The van der Waals surface area contributed by atoms with E-state index < -0.39 is 11.8 Å². The smallest absolute Gasteiger partial charge is 0.341 e. The van der Waals surface area contributed by atoms with Gasteiger partial charge in [0.25, 0.3) is 0 Å². The number of ketones is 1. The SMILES string of the molecule is O=C(O)/C(=C\Nc1ccccc1)C(=O)c1ccccc1Cl. The predicted molar refractivity (Wildman–Crippen MR) is 81.6 cm³/mol. The number of aliphatic carboxylic acids is 1. The Hall–Kier alpha value is -2.59. The monoisotopic (exact) mass is 301 g/mol. The van der Waals surface area contributed by atoms with Crippen molar-refractivity contribution < 1.29 is 14.7 Å². The number of nitrogens with one attached hydrogen (secondary N) is 1. The number of carboxylic acid groups (broad SMARTS) is 1. The Morgan fingerprint density at radius 3 is 2.24 bits per heavy atom. The summed E-state index contributed by atoms with van der Waals surface area (Å²) < 4.78 is 0. The van der Waals surface area contributed by atoms with Gasteiger partial charge in [0.2, 0.25) is 5.78 Å². The maximum absolute atomic E-state index is 12.3. The third-order valence-electron chi connectivity index (χ3n) is 2.75. The summed E-state index contributed by atoms with van der Waals surface area (Å²) in [5.41, 5.74) is 0.456. The average Bonchev–Trinajstić information content (AvgIpc) is 2.48. The van der Waals surface area contributed by atoms with Crippen molar-refractivity contribution in [3.05, 3.63) is 77.0 Å². The molecular formula is C16H12ClNO3. The van der Waals surface area contributed by atoms with E-state index in [0.29, 0.717) is 5.69 Å². The van der Waals surface area contributed by atoms with Gasteiger partial charge in [-0.05, 0) is 24.3 Å². The lowest BCUT2D eigenvalue weighted by Crippen LogP contribution is -2.14. The van der Waals surface area contributed by atoms with Gasteiger partial charge in [0.05, 0.1) is 5.02 Å². The van der Waals surface area contributed by atoms with Crippen LogP contribution in [-0.4, -0.2) is 16.9 Å². The zero-order chi connectivity index (χ0) is 15.2. The van der Waals surface area contributed by atoms with Gasteiger partial charge in [-0.2, -0.15) is 0 Å². The molecule has 0 saturated heterocycles. The molecule has 0 aromatic heterocycles. The Morgan fingerprint density at radius 1 is 1.00 bits per heavy atom. The molecule has 0 amide bonds. The fourth-order valence-electron chi connectivity index (χ4n) is 1.70. The summed E-state index contributed by atoms with van der Waals surface area (Å²) in [6.07, 6.45) is 1.17. The van der Waals surface area contributed by atoms with Crippen molar-refractivity contribution in [3.8, 4) is 0 Å². The first-order valence-electron chi connectivity index (χ1n) is 6.14. The summed E-state index contributed by atoms with van der Waals surface area (Å²) in [6, 6.07) is 15.3. The molecule has 21 heavy (non-hydrogen) atoms. The van der Waals surface area contributed by atoms with Crippen LogP contribution in [0.2, 0.25) is 5.02 Å². The van der Waals surface area contributed by atoms with Gasteiger partial charge in [0, 0.05) is 17.5 Å². The number of para-hydroxylation sites is 1. The van der Waals surface area contributed by atoms with Crippen LogP contribution in [0.15, 0.2) is 66.4 Å². The van der Waals surface area contributed by atoms with Crippen molar-refractivity contribution in [2.75, 3.05) is 5.32 Å². The number of rotatable bonds is 5. The maximum Gasteiger partial charge on any atom is 0.341 e. The topological polar surface area (TPSA) is 66.4 Å². The molecule has 2 N–H and O–H groups in total. The molecule has 0 radical (unpaired) electrons. The highest BCUT2D eigenvalue weighted by atomic mass is 35.5. The molecule has 0 unspecified atom stereocenters. The van der Waals surface area contributed by atoms with Crippen LogP contribution in [0.25, 0.3) is 0 Å². The van der Waals surface area contributed by atoms with E-state index in [1.165, 1.54) is 12.3 Å². The molecular weight excluding hydrogens is 290 g/mol. The van der Waals surface area contributed by atoms with E-state index in [2.05, 4.69) is 5.32 Å². The summed E-state index contributed by atoms with van der Waals surface area (Å²) in [4.78, 5) is 23.5. The number of carboxylic acids is 1. The van der Waals surface area contributed by atoms with E-state index >= 15 is 0 Å². The van der Waals surface area contributed by atoms with Gasteiger partial charge in [-0.3, -0.25) is 4.79 Å². The van der Waals surface area contributed by atoms with Crippen molar-refractivity contribution in [3.63, 3.8) is 0 Å². The summed E-state index contributed by atoms with van der Waals surface area (Å²) >= 11 is 5.92. The number of anilines is 1. The Bertz CT molecular complexity index is 696. The molecule has 0 saturated carbocycles. The number of Topliss-reactive ketones (excluding diaryl/α,β-unsaturated/α-hetero) is 1. The molecule has 2 rings (SSSR count). The largest absolute Gasteiger partial charge is 0.477 e. The normalized spacial score (nSPS) is 11.0. The zero-order valence-corrected chi connectivity index (χ0v) is 11.7. The van der Waals surface area contributed by atoms with Crippen LogP contribution in [0.3, 0.4) is 0 Å². The highest BCUT2D eigenvalue weighted by molar-refractivity contribution is 6.36. The van der Waals surface area contributed by atoms with E-state index in [1.807, 2.05) is 6.07 Å². The molecule has 2 aromatic rings. The highest BCUT2D eigenvalue weighted by Gasteiger charge is 2.21. The number of benzene rings is 2. The van der Waals surface area contributed by atoms with Crippen molar-refractivity contribution in [2.24, 2.45) is 0 Å². The molecule has 0 aliphatic rings. The third-order valence-corrected chi connectivity index (χ3v) is 3.08. The quantitative estimate of drug-likeness (QED) is 0.383. The van der Waals surface area contributed by atoms with Crippen molar-refractivity contribution in [1.82, 2.24) is 0 Å². The van der Waals surface area contributed by atoms with Crippen LogP contribution in [-0.2, 0) is 4.79 Å². The second-order valence-electron chi connectivity index (χ2n) is 4.18. The van der Waals surface area contributed by atoms with Crippen LogP contribution in [0.1, 0.15) is 10.4 Å². The van der Waals surface area contributed by atoms with E-state index in [9.17, 15) is 14.7 Å². The van der Waals surface area contributed by atoms with Crippen LogP contribution < -0.4 is 5.32 Å². The summed E-state index contributed by atoms with van der Waals surface area (Å²) in [7, 11) is 0. The van der Waals surface area contributed by atoms with Crippen LogP contribution in [0.5, 0.6) is 0 Å². The van der Waals surface area contributed by atoms with Crippen molar-refractivity contribution in [1.29, 1.82) is 0 Å². The highest BCUT2D eigenvalue weighted by Crippen LogP contribution is 2.19. The first-order valence-corrected chi connectivity index (χ1v) is 6.51. The van der Waals surface area contributed by atoms with Gasteiger partial charge < -0.3 is 10.4 Å². The van der Waals surface area contributed by atoms with Gasteiger partial charge in [0.15, 0.2) is 0 Å². The lowest BCUT2D eigenvalue weighted by atomic mass is 10.0. The molecule has 0 aliphatic heterocycles. The standard InChI is InChI=1S/C16H12ClNO3/c17-14-9-5-4-8-12(14)15(19)13(16(20)21)10-18-11-6-2-1-3-7-11/h1-10,18H,(H,20,21)/b13-10-. The summed E-state index contributed by atoms with van der Waals surface area (Å²) in [6.45, 7) is 0. The molecule has 0 atom stereocenters. The molecule has 0 bridgehead atoms. The molecule has 5 heteroatoms. The first-order chi connectivity index (χ1) is 10.1. The van der Waals surface area contributed by atoms with Gasteiger partial charge in [-0.25, -0.2) is 4.79 Å². The maximum atomic E-state index is 12.3. The van der Waals surface area contributed by atoms with E-state index in [0.717, 1.165) is 0 Å². The van der Waals surface area contributed by atoms with Gasteiger partial charge >= 0.3 is 5.97 Å². The Kier molecular flexibility index (Phi) is 4.74. The molecule has 0 heterocycles.